The fraction of sp³-hybridized carbons (Fsp3) is 0.286. The largest absolute Gasteiger partial charge is 0.490 e. The van der Waals surface area contributed by atoms with Crippen molar-refractivity contribution in [1.29, 1.82) is 0 Å². The highest BCUT2D eigenvalue weighted by molar-refractivity contribution is 14.1. The third-order valence-electron chi connectivity index (χ3n) is 1.20. The third-order valence-corrected chi connectivity index (χ3v) is 2.07. The second-order valence-electron chi connectivity index (χ2n) is 2.11. The van der Waals surface area contributed by atoms with Gasteiger partial charge in [0.1, 0.15) is 18.2 Å². The molecular weight excluding hydrogens is 271 g/mol. The van der Waals surface area contributed by atoms with Gasteiger partial charge in [-0.25, -0.2) is 4.98 Å². The number of hydrogen-bond donors (Lipinski definition) is 2. The van der Waals surface area contributed by atoms with E-state index in [1.54, 1.807) is 6.07 Å². The van der Waals surface area contributed by atoms with E-state index in [1.807, 2.05) is 0 Å². The van der Waals surface area contributed by atoms with Gasteiger partial charge in [0.15, 0.2) is 0 Å². The lowest BCUT2D eigenvalue weighted by Crippen LogP contribution is -2.03. The Morgan fingerprint density at radius 2 is 2.42 bits per heavy atom. The van der Waals surface area contributed by atoms with E-state index in [0.29, 0.717) is 11.6 Å². The number of rotatable bonds is 3. The summed E-state index contributed by atoms with van der Waals surface area (Å²) in [5, 5.41) is 8.48. The average Bonchev–Trinajstić information content (AvgIpc) is 2.07. The van der Waals surface area contributed by atoms with Crippen LogP contribution in [-0.2, 0) is 0 Å². The van der Waals surface area contributed by atoms with Crippen LogP contribution in [0.4, 0.5) is 5.82 Å². The smallest absolute Gasteiger partial charge is 0.138 e. The van der Waals surface area contributed by atoms with Gasteiger partial charge in [-0.05, 0) is 28.7 Å². The van der Waals surface area contributed by atoms with Crippen molar-refractivity contribution < 1.29 is 9.84 Å². The van der Waals surface area contributed by atoms with Gasteiger partial charge < -0.3 is 15.6 Å². The van der Waals surface area contributed by atoms with Crippen LogP contribution in [0.1, 0.15) is 0 Å². The van der Waals surface area contributed by atoms with Crippen LogP contribution in [0, 0.1) is 3.57 Å². The van der Waals surface area contributed by atoms with Crippen molar-refractivity contribution in [2.45, 2.75) is 0 Å². The molecule has 0 spiro atoms. The quantitative estimate of drug-likeness (QED) is 0.797. The zero-order valence-electron chi connectivity index (χ0n) is 6.33. The Morgan fingerprint density at radius 3 is 3.00 bits per heavy atom. The first-order valence-corrected chi connectivity index (χ1v) is 4.46. The Hall–Kier alpha value is -0.560. The molecular formula is C7H9IN2O2. The highest BCUT2D eigenvalue weighted by atomic mass is 127. The van der Waals surface area contributed by atoms with Crippen LogP contribution >= 0.6 is 22.6 Å². The second kappa shape index (κ2) is 4.46. The number of anilines is 1. The zero-order chi connectivity index (χ0) is 8.97. The first-order valence-electron chi connectivity index (χ1n) is 3.38. The van der Waals surface area contributed by atoms with Crippen LogP contribution in [0.5, 0.6) is 5.75 Å². The molecule has 66 valence electrons. The Bertz CT molecular complexity index is 268. The van der Waals surface area contributed by atoms with Gasteiger partial charge in [0, 0.05) is 0 Å². The number of nitrogens with zero attached hydrogens (tertiary/aromatic N) is 1. The third kappa shape index (κ3) is 2.49. The molecule has 0 saturated heterocycles. The standard InChI is InChI=1S/C7H9IN2O2/c8-6-3-5(12-2-1-11)4-10-7(6)9/h3-4,11H,1-2H2,(H2,9,10). The molecule has 0 amide bonds. The summed E-state index contributed by atoms with van der Waals surface area (Å²) in [6.45, 7) is 0.280. The fourth-order valence-corrected chi connectivity index (χ4v) is 1.12. The van der Waals surface area contributed by atoms with Crippen molar-refractivity contribution in [3.8, 4) is 5.75 Å². The Labute approximate surface area is 83.9 Å². The Morgan fingerprint density at radius 1 is 1.67 bits per heavy atom. The highest BCUT2D eigenvalue weighted by Crippen LogP contribution is 2.17. The van der Waals surface area contributed by atoms with Gasteiger partial charge in [-0.1, -0.05) is 0 Å². The summed E-state index contributed by atoms with van der Waals surface area (Å²) in [5.74, 6) is 1.12. The SMILES string of the molecule is Nc1ncc(OCCO)cc1I. The van der Waals surface area contributed by atoms with Crippen LogP contribution in [0.25, 0.3) is 0 Å². The lowest BCUT2D eigenvalue weighted by Gasteiger charge is -2.04. The lowest BCUT2D eigenvalue weighted by molar-refractivity contribution is 0.201. The number of aliphatic hydroxyl groups is 1. The predicted octanol–water partition coefficient (Wildman–Crippen LogP) is 0.639. The van der Waals surface area contributed by atoms with Gasteiger partial charge >= 0.3 is 0 Å². The van der Waals surface area contributed by atoms with E-state index in [4.69, 9.17) is 15.6 Å². The molecule has 0 aromatic carbocycles. The molecule has 1 aromatic rings. The van der Waals surface area contributed by atoms with Crippen molar-refractivity contribution >= 4 is 28.4 Å². The van der Waals surface area contributed by atoms with E-state index in [9.17, 15) is 0 Å². The maximum atomic E-state index is 8.48. The zero-order valence-corrected chi connectivity index (χ0v) is 8.48. The molecule has 1 rings (SSSR count). The molecule has 0 aliphatic carbocycles. The minimum absolute atomic E-state index is 0.000948. The monoisotopic (exact) mass is 280 g/mol. The van der Waals surface area contributed by atoms with Gasteiger partial charge in [-0.2, -0.15) is 0 Å². The molecule has 0 aliphatic rings. The van der Waals surface area contributed by atoms with E-state index in [1.165, 1.54) is 6.20 Å². The minimum Gasteiger partial charge on any atom is -0.490 e. The lowest BCUT2D eigenvalue weighted by atomic mass is 10.4. The first kappa shape index (κ1) is 9.53. The molecule has 0 bridgehead atoms. The molecule has 0 fully saturated rings. The second-order valence-corrected chi connectivity index (χ2v) is 3.27. The number of pyridine rings is 1. The van der Waals surface area contributed by atoms with Crippen molar-refractivity contribution in [1.82, 2.24) is 4.98 Å². The normalized spacial score (nSPS) is 9.83. The summed E-state index contributed by atoms with van der Waals surface area (Å²) in [6, 6.07) is 1.78. The van der Waals surface area contributed by atoms with Gasteiger partial charge in [-0.15, -0.1) is 0 Å². The molecule has 0 aliphatic heterocycles. The van der Waals surface area contributed by atoms with Crippen molar-refractivity contribution in [2.24, 2.45) is 0 Å². The molecule has 1 aromatic heterocycles. The molecule has 0 atom stereocenters. The molecule has 0 radical (unpaired) electrons. The molecule has 0 unspecified atom stereocenters. The average molecular weight is 280 g/mol. The topological polar surface area (TPSA) is 68.4 Å². The van der Waals surface area contributed by atoms with Crippen molar-refractivity contribution in [3.05, 3.63) is 15.8 Å². The van der Waals surface area contributed by atoms with Crippen molar-refractivity contribution in [3.63, 3.8) is 0 Å². The van der Waals surface area contributed by atoms with E-state index < -0.39 is 0 Å². The van der Waals surface area contributed by atoms with E-state index in [0.717, 1.165) is 3.57 Å². The van der Waals surface area contributed by atoms with E-state index in [2.05, 4.69) is 27.6 Å². The van der Waals surface area contributed by atoms with E-state index >= 15 is 0 Å². The number of halogens is 1. The van der Waals surface area contributed by atoms with Crippen LogP contribution in [0.2, 0.25) is 0 Å². The maximum absolute atomic E-state index is 8.48. The molecule has 3 N–H and O–H groups in total. The number of aromatic nitrogens is 1. The predicted molar refractivity (Wildman–Crippen MR) is 53.9 cm³/mol. The molecule has 12 heavy (non-hydrogen) atoms. The molecule has 0 saturated carbocycles. The highest BCUT2D eigenvalue weighted by Gasteiger charge is 1.99. The Kier molecular flexibility index (Phi) is 3.54. The number of aliphatic hydroxyl groups excluding tert-OH is 1. The summed E-state index contributed by atoms with van der Waals surface area (Å²) in [6.07, 6.45) is 1.53. The molecule has 5 heteroatoms. The van der Waals surface area contributed by atoms with Crippen molar-refractivity contribution in [2.75, 3.05) is 18.9 Å². The van der Waals surface area contributed by atoms with Gasteiger partial charge in [0.25, 0.3) is 0 Å². The van der Waals surface area contributed by atoms with Gasteiger partial charge in [0.2, 0.25) is 0 Å². The van der Waals surface area contributed by atoms with Gasteiger partial charge in [0.05, 0.1) is 16.4 Å². The fourth-order valence-electron chi connectivity index (χ4n) is 0.673. The van der Waals surface area contributed by atoms with E-state index in [-0.39, 0.29) is 13.2 Å². The summed E-state index contributed by atoms with van der Waals surface area (Å²) < 4.78 is 5.97. The Balaban J connectivity index is 2.69. The number of hydrogen-bond acceptors (Lipinski definition) is 4. The summed E-state index contributed by atoms with van der Waals surface area (Å²) in [4.78, 5) is 3.90. The molecule has 1 heterocycles. The summed E-state index contributed by atoms with van der Waals surface area (Å²) in [5.41, 5.74) is 5.49. The summed E-state index contributed by atoms with van der Waals surface area (Å²) >= 11 is 2.07. The number of ether oxygens (including phenoxy) is 1. The van der Waals surface area contributed by atoms with Crippen LogP contribution < -0.4 is 10.5 Å². The van der Waals surface area contributed by atoms with Crippen LogP contribution in [-0.4, -0.2) is 23.3 Å². The number of nitrogens with two attached hydrogens (primary N) is 1. The molecule has 4 nitrogen and oxygen atoms in total. The maximum Gasteiger partial charge on any atom is 0.138 e. The number of nitrogen functional groups attached to an aromatic ring is 1. The summed E-state index contributed by atoms with van der Waals surface area (Å²) in [7, 11) is 0. The van der Waals surface area contributed by atoms with Gasteiger partial charge in [-0.3, -0.25) is 0 Å². The first-order chi connectivity index (χ1) is 5.74. The van der Waals surface area contributed by atoms with Crippen LogP contribution in [0.15, 0.2) is 12.3 Å². The minimum atomic E-state index is 0.000948. The van der Waals surface area contributed by atoms with Crippen LogP contribution in [0.3, 0.4) is 0 Å².